The second-order valence-electron chi connectivity index (χ2n) is 3.57. The highest BCUT2D eigenvalue weighted by Gasteiger charge is 2.23. The fourth-order valence-electron chi connectivity index (χ4n) is 1.93. The quantitative estimate of drug-likeness (QED) is 0.779. The minimum Gasteiger partial charge on any atom is -0.496 e. The van der Waals surface area contributed by atoms with Crippen LogP contribution in [0.1, 0.15) is 12.5 Å². The van der Waals surface area contributed by atoms with E-state index in [0.29, 0.717) is 6.04 Å². The Bertz CT molecular complexity index is 316. The van der Waals surface area contributed by atoms with Gasteiger partial charge in [-0.2, -0.15) is 0 Å². The maximum absolute atomic E-state index is 5.31. The van der Waals surface area contributed by atoms with E-state index < -0.39 is 0 Å². The van der Waals surface area contributed by atoms with Crippen LogP contribution in [-0.2, 0) is 6.42 Å². The second kappa shape index (κ2) is 3.40. The van der Waals surface area contributed by atoms with Crippen molar-refractivity contribution in [3.63, 3.8) is 0 Å². The van der Waals surface area contributed by atoms with Gasteiger partial charge in [0.15, 0.2) is 0 Å². The zero-order valence-corrected chi connectivity index (χ0v) is 8.76. The van der Waals surface area contributed by atoms with Crippen LogP contribution >= 0.6 is 0 Å². The van der Waals surface area contributed by atoms with E-state index in [-0.39, 0.29) is 0 Å². The molecule has 76 valence electrons. The van der Waals surface area contributed by atoms with E-state index in [1.807, 2.05) is 12.1 Å². The molecule has 1 heterocycles. The molecule has 1 aromatic rings. The molecule has 0 aromatic heterocycles. The summed E-state index contributed by atoms with van der Waals surface area (Å²) in [5.41, 5.74) is 2.30. The summed E-state index contributed by atoms with van der Waals surface area (Å²) in [6.07, 6.45) is 0.996. The Hall–Kier alpha value is -1.38. The Morgan fingerprint density at radius 1 is 1.21 bits per heavy atom. The molecule has 3 heteroatoms. The van der Waals surface area contributed by atoms with Gasteiger partial charge in [0.25, 0.3) is 0 Å². The van der Waals surface area contributed by atoms with Crippen molar-refractivity contribution in [3.8, 4) is 11.5 Å². The van der Waals surface area contributed by atoms with Gasteiger partial charge in [-0.1, -0.05) is 0 Å². The molecule has 14 heavy (non-hydrogen) atoms. The van der Waals surface area contributed by atoms with Gasteiger partial charge in [-0.15, -0.1) is 0 Å². The van der Waals surface area contributed by atoms with Crippen molar-refractivity contribution in [1.82, 2.24) is 0 Å². The molecule has 2 rings (SSSR count). The van der Waals surface area contributed by atoms with Gasteiger partial charge < -0.3 is 14.8 Å². The molecule has 0 aliphatic carbocycles. The van der Waals surface area contributed by atoms with Crippen LogP contribution in [0.4, 0.5) is 5.69 Å². The minimum atomic E-state index is 0.454. The van der Waals surface area contributed by atoms with Gasteiger partial charge in [0, 0.05) is 11.6 Å². The SMILES string of the molecule is COc1ccc(OC)c2c1CC(C)N2. The first kappa shape index (κ1) is 9.19. The predicted octanol–water partition coefficient (Wildman–Crippen LogP) is 2.06. The third-order valence-electron chi connectivity index (χ3n) is 2.57. The number of rotatable bonds is 2. The van der Waals surface area contributed by atoms with Gasteiger partial charge in [-0.05, 0) is 25.5 Å². The molecule has 3 nitrogen and oxygen atoms in total. The summed E-state index contributed by atoms with van der Waals surface area (Å²) in [4.78, 5) is 0. The molecular formula is C11H15NO2. The summed E-state index contributed by atoms with van der Waals surface area (Å²) in [7, 11) is 3.39. The first-order chi connectivity index (χ1) is 6.76. The lowest BCUT2D eigenvalue weighted by molar-refractivity contribution is 0.402. The number of methoxy groups -OCH3 is 2. The van der Waals surface area contributed by atoms with Crippen LogP contribution in [0, 0.1) is 0 Å². The molecule has 0 bridgehead atoms. The molecule has 0 fully saturated rings. The number of hydrogen-bond donors (Lipinski definition) is 1. The van der Waals surface area contributed by atoms with Crippen molar-refractivity contribution in [3.05, 3.63) is 17.7 Å². The summed E-state index contributed by atoms with van der Waals surface area (Å²) in [6.45, 7) is 2.15. The lowest BCUT2D eigenvalue weighted by Crippen LogP contribution is -2.08. The molecular weight excluding hydrogens is 178 g/mol. The number of anilines is 1. The predicted molar refractivity (Wildman–Crippen MR) is 56.3 cm³/mol. The molecule has 1 atom stereocenters. The van der Waals surface area contributed by atoms with E-state index in [4.69, 9.17) is 9.47 Å². The highest BCUT2D eigenvalue weighted by Crippen LogP contribution is 2.40. The van der Waals surface area contributed by atoms with Crippen LogP contribution in [0.2, 0.25) is 0 Å². The minimum absolute atomic E-state index is 0.454. The van der Waals surface area contributed by atoms with Crippen molar-refractivity contribution in [2.45, 2.75) is 19.4 Å². The highest BCUT2D eigenvalue weighted by atomic mass is 16.5. The fraction of sp³-hybridized carbons (Fsp3) is 0.455. The molecule has 1 aliphatic heterocycles. The van der Waals surface area contributed by atoms with Crippen LogP contribution in [0.15, 0.2) is 12.1 Å². The van der Waals surface area contributed by atoms with Crippen molar-refractivity contribution in [1.29, 1.82) is 0 Å². The van der Waals surface area contributed by atoms with Gasteiger partial charge in [0.05, 0.1) is 19.9 Å². The van der Waals surface area contributed by atoms with E-state index >= 15 is 0 Å². The lowest BCUT2D eigenvalue weighted by Gasteiger charge is -2.10. The van der Waals surface area contributed by atoms with Gasteiger partial charge >= 0.3 is 0 Å². The molecule has 0 radical (unpaired) electrons. The van der Waals surface area contributed by atoms with E-state index in [2.05, 4.69) is 12.2 Å². The molecule has 1 aliphatic rings. The standard InChI is InChI=1S/C11H15NO2/c1-7-6-8-9(13-2)4-5-10(14-3)11(8)12-7/h4-5,7,12H,6H2,1-3H3. The van der Waals surface area contributed by atoms with Crippen LogP contribution in [-0.4, -0.2) is 20.3 Å². The van der Waals surface area contributed by atoms with Crippen LogP contribution in [0.5, 0.6) is 11.5 Å². The van der Waals surface area contributed by atoms with E-state index in [1.165, 1.54) is 5.56 Å². The average Bonchev–Trinajstić information content (AvgIpc) is 2.57. The molecule has 0 saturated heterocycles. The fourth-order valence-corrected chi connectivity index (χ4v) is 1.93. The van der Waals surface area contributed by atoms with Crippen molar-refractivity contribution in [2.75, 3.05) is 19.5 Å². The maximum Gasteiger partial charge on any atom is 0.142 e. The van der Waals surface area contributed by atoms with Crippen molar-refractivity contribution >= 4 is 5.69 Å². The van der Waals surface area contributed by atoms with Gasteiger partial charge in [-0.25, -0.2) is 0 Å². The Kier molecular flexibility index (Phi) is 2.23. The molecule has 1 unspecified atom stereocenters. The second-order valence-corrected chi connectivity index (χ2v) is 3.57. The van der Waals surface area contributed by atoms with Gasteiger partial charge in [0.2, 0.25) is 0 Å². The smallest absolute Gasteiger partial charge is 0.142 e. The monoisotopic (exact) mass is 193 g/mol. The zero-order valence-electron chi connectivity index (χ0n) is 8.76. The Morgan fingerprint density at radius 3 is 2.50 bits per heavy atom. The van der Waals surface area contributed by atoms with Crippen molar-refractivity contribution in [2.24, 2.45) is 0 Å². The third-order valence-corrected chi connectivity index (χ3v) is 2.57. The third kappa shape index (κ3) is 1.29. The number of ether oxygens (including phenoxy) is 2. The topological polar surface area (TPSA) is 30.5 Å². The number of benzene rings is 1. The van der Waals surface area contributed by atoms with Gasteiger partial charge in [-0.3, -0.25) is 0 Å². The Balaban J connectivity index is 2.50. The average molecular weight is 193 g/mol. The van der Waals surface area contributed by atoms with Crippen LogP contribution in [0.25, 0.3) is 0 Å². The zero-order chi connectivity index (χ0) is 10.1. The summed E-state index contributed by atoms with van der Waals surface area (Å²) < 4.78 is 10.6. The van der Waals surface area contributed by atoms with Crippen LogP contribution < -0.4 is 14.8 Å². The summed E-state index contributed by atoms with van der Waals surface area (Å²) >= 11 is 0. The summed E-state index contributed by atoms with van der Waals surface area (Å²) in [6, 6.07) is 4.34. The Morgan fingerprint density at radius 2 is 1.86 bits per heavy atom. The number of hydrogen-bond acceptors (Lipinski definition) is 3. The maximum atomic E-state index is 5.31. The number of fused-ring (bicyclic) bond motifs is 1. The summed E-state index contributed by atoms with van der Waals surface area (Å²) in [5, 5.41) is 3.39. The first-order valence-corrected chi connectivity index (χ1v) is 4.76. The Labute approximate surface area is 84.0 Å². The molecule has 1 aromatic carbocycles. The molecule has 0 saturated carbocycles. The largest absolute Gasteiger partial charge is 0.496 e. The molecule has 0 amide bonds. The van der Waals surface area contributed by atoms with Crippen LogP contribution in [0.3, 0.4) is 0 Å². The van der Waals surface area contributed by atoms with E-state index in [1.54, 1.807) is 14.2 Å². The normalized spacial score (nSPS) is 18.6. The number of nitrogens with one attached hydrogen (secondary N) is 1. The highest BCUT2D eigenvalue weighted by molar-refractivity contribution is 5.70. The van der Waals surface area contributed by atoms with E-state index in [9.17, 15) is 0 Å². The molecule has 1 N–H and O–H groups in total. The lowest BCUT2D eigenvalue weighted by atomic mass is 10.1. The van der Waals surface area contributed by atoms with E-state index in [0.717, 1.165) is 23.6 Å². The first-order valence-electron chi connectivity index (χ1n) is 4.76. The van der Waals surface area contributed by atoms with Gasteiger partial charge in [0.1, 0.15) is 11.5 Å². The van der Waals surface area contributed by atoms with Crippen molar-refractivity contribution < 1.29 is 9.47 Å². The molecule has 0 spiro atoms. The summed E-state index contributed by atoms with van der Waals surface area (Å²) in [5.74, 6) is 1.84.